The molecule has 0 saturated carbocycles. The first kappa shape index (κ1) is 69.8. The van der Waals surface area contributed by atoms with Crippen LogP contribution in [0.3, 0.4) is 0 Å². The number of ether oxygens (including phenoxy) is 4. The lowest BCUT2D eigenvalue weighted by atomic mass is 9.97. The zero-order chi connectivity index (χ0) is 55.3. The Morgan fingerprint density at radius 3 is 1.28 bits per heavy atom. The molecule has 0 spiro atoms. The van der Waals surface area contributed by atoms with E-state index >= 15 is 0 Å². The van der Waals surface area contributed by atoms with Gasteiger partial charge in [-0.25, -0.2) is 0 Å². The molecule has 0 bridgehead atoms. The smallest absolute Gasteiger partial charge is 0.224 e. The third-order valence-corrected chi connectivity index (χ3v) is 14.8. The van der Waals surface area contributed by atoms with E-state index in [-0.39, 0.29) is 18.9 Å². The number of carbonyl (C=O) groups is 1. The van der Waals surface area contributed by atoms with Crippen LogP contribution < -0.4 is 5.32 Å². The highest BCUT2D eigenvalue weighted by Gasteiger charge is 2.51. The van der Waals surface area contributed by atoms with Crippen molar-refractivity contribution < 1.29 is 64.6 Å². The van der Waals surface area contributed by atoms with Crippen molar-refractivity contribution in [3.63, 3.8) is 0 Å². The molecular weight excluding hydrogens is 967 g/mol. The predicted octanol–water partition coefficient (Wildman–Crippen LogP) is 10.6. The molecule has 2 heterocycles. The maximum absolute atomic E-state index is 13.2. The summed E-state index contributed by atoms with van der Waals surface area (Å²) in [5, 5.41) is 87.1. The highest BCUT2D eigenvalue weighted by atomic mass is 16.7. The van der Waals surface area contributed by atoms with Crippen molar-refractivity contribution in [1.29, 1.82) is 0 Å². The van der Waals surface area contributed by atoms with Crippen LogP contribution in [0.1, 0.15) is 232 Å². The highest BCUT2D eigenvalue weighted by molar-refractivity contribution is 5.77. The van der Waals surface area contributed by atoms with Crippen LogP contribution in [0, 0.1) is 0 Å². The number of hydrogen-bond acceptors (Lipinski definition) is 13. The number of allylic oxidation sites excluding steroid dienone is 9. The third kappa shape index (κ3) is 32.7. The Hall–Kier alpha value is -2.31. The minimum Gasteiger partial charge on any atom is -0.394 e. The van der Waals surface area contributed by atoms with Gasteiger partial charge in [0.2, 0.25) is 5.91 Å². The average Bonchev–Trinajstić information content (AvgIpc) is 3.42. The lowest BCUT2D eigenvalue weighted by Crippen LogP contribution is -2.65. The molecule has 2 fully saturated rings. The van der Waals surface area contributed by atoms with E-state index in [4.69, 9.17) is 18.9 Å². The normalized spacial score (nSPS) is 25.3. The molecule has 0 radical (unpaired) electrons. The van der Waals surface area contributed by atoms with Crippen LogP contribution in [-0.2, 0) is 23.7 Å². The Morgan fingerprint density at radius 1 is 0.474 bits per heavy atom. The fourth-order valence-electron chi connectivity index (χ4n) is 9.89. The lowest BCUT2D eigenvalue weighted by molar-refractivity contribution is -0.359. The summed E-state index contributed by atoms with van der Waals surface area (Å²) in [6.07, 6.45) is 44.1. The Kier molecular flexibility index (Phi) is 43.6. The van der Waals surface area contributed by atoms with Gasteiger partial charge in [0.15, 0.2) is 12.6 Å². The molecule has 2 aliphatic heterocycles. The van der Waals surface area contributed by atoms with Gasteiger partial charge in [-0.05, 0) is 38.5 Å². The van der Waals surface area contributed by atoms with Crippen molar-refractivity contribution in [3.8, 4) is 0 Å². The molecule has 2 aliphatic rings. The van der Waals surface area contributed by atoms with Crippen molar-refractivity contribution in [2.24, 2.45) is 0 Å². The SMILES string of the molecule is CC/C=C\C/C=C\C/C=C\C/C=C\C/C=C\CC(=O)NC(COC1OC(CO)C(OC2OC(CO)C(O)C(O)C2O)C(O)C1O)C(O)CCCCCCCCCCCCCCCCCCCCCCCCCCCCC. The molecule has 0 aliphatic carbocycles. The van der Waals surface area contributed by atoms with Gasteiger partial charge in [-0.2, -0.15) is 0 Å². The second kappa shape index (κ2) is 47.5. The van der Waals surface area contributed by atoms with Gasteiger partial charge in [0.1, 0.15) is 48.8 Å². The standard InChI is InChI=1S/C62H111NO13/c1-3-5-7-9-11-13-15-17-19-20-21-22-23-24-25-26-27-28-29-30-32-33-35-37-39-41-43-45-51(66)50(63-54(67)46-44-42-40-38-36-34-31-18-16-14-12-10-8-6-4-2)49-73-61-59(72)57(70)60(53(48-65)75-61)76-62-58(71)56(69)55(68)52(47-64)74-62/h6,8,12,14,18,31,36,38,42,44,50-53,55-62,64-66,68-72H,3-5,7,9-11,13,15-17,19-30,32-35,37,39-41,43,45-49H2,1-2H3,(H,63,67)/b8-6-,14-12-,31-18-,38-36-,44-42-. The van der Waals surface area contributed by atoms with E-state index in [9.17, 15) is 45.6 Å². The molecule has 0 aromatic heterocycles. The van der Waals surface area contributed by atoms with E-state index in [1.54, 1.807) is 6.08 Å². The molecule has 12 atom stereocenters. The van der Waals surface area contributed by atoms with E-state index in [1.807, 2.05) is 12.2 Å². The Labute approximate surface area is 460 Å². The molecule has 2 rings (SSSR count). The van der Waals surface area contributed by atoms with Crippen LogP contribution >= 0.6 is 0 Å². The van der Waals surface area contributed by atoms with Crippen molar-refractivity contribution in [1.82, 2.24) is 5.32 Å². The van der Waals surface area contributed by atoms with E-state index < -0.39 is 86.8 Å². The Balaban J connectivity index is 1.73. The summed E-state index contributed by atoms with van der Waals surface area (Å²) in [5.74, 6) is -0.333. The Bertz CT molecular complexity index is 1510. The average molecular weight is 1080 g/mol. The molecule has 2 saturated heterocycles. The monoisotopic (exact) mass is 1080 g/mol. The van der Waals surface area contributed by atoms with Gasteiger partial charge >= 0.3 is 0 Å². The van der Waals surface area contributed by atoms with Gasteiger partial charge in [-0.1, -0.05) is 248 Å². The van der Waals surface area contributed by atoms with E-state index in [2.05, 4.69) is 61.7 Å². The van der Waals surface area contributed by atoms with Gasteiger partial charge in [0.25, 0.3) is 0 Å². The Morgan fingerprint density at radius 2 is 0.855 bits per heavy atom. The summed E-state index contributed by atoms with van der Waals surface area (Å²) in [5.41, 5.74) is 0. The summed E-state index contributed by atoms with van der Waals surface area (Å²) < 4.78 is 22.8. The number of aliphatic hydroxyl groups excluding tert-OH is 8. The summed E-state index contributed by atoms with van der Waals surface area (Å²) in [6, 6.07) is -0.886. The molecule has 1 amide bonds. The van der Waals surface area contributed by atoms with Gasteiger partial charge in [-0.15, -0.1) is 0 Å². The summed E-state index contributed by atoms with van der Waals surface area (Å²) in [6.45, 7) is 2.69. The second-order valence-electron chi connectivity index (χ2n) is 21.5. The van der Waals surface area contributed by atoms with Crippen LogP contribution in [0.5, 0.6) is 0 Å². The summed E-state index contributed by atoms with van der Waals surface area (Å²) in [7, 11) is 0. The van der Waals surface area contributed by atoms with E-state index in [0.717, 1.165) is 51.4 Å². The van der Waals surface area contributed by atoms with Crippen LogP contribution in [-0.4, -0.2) is 140 Å². The van der Waals surface area contributed by atoms with Crippen molar-refractivity contribution in [2.75, 3.05) is 19.8 Å². The molecule has 442 valence electrons. The molecule has 76 heavy (non-hydrogen) atoms. The highest BCUT2D eigenvalue weighted by Crippen LogP contribution is 2.30. The molecule has 9 N–H and O–H groups in total. The minimum absolute atomic E-state index is 0.0706. The fourth-order valence-corrected chi connectivity index (χ4v) is 9.89. The second-order valence-corrected chi connectivity index (χ2v) is 21.5. The summed E-state index contributed by atoms with van der Waals surface area (Å²) >= 11 is 0. The maximum Gasteiger partial charge on any atom is 0.224 e. The largest absolute Gasteiger partial charge is 0.394 e. The number of unbranched alkanes of at least 4 members (excludes halogenated alkanes) is 26. The number of hydrogen-bond donors (Lipinski definition) is 9. The zero-order valence-electron chi connectivity index (χ0n) is 47.5. The zero-order valence-corrected chi connectivity index (χ0v) is 47.5. The molecule has 0 aromatic carbocycles. The maximum atomic E-state index is 13.2. The molecule has 0 aromatic rings. The first-order valence-electron chi connectivity index (χ1n) is 30.5. The quantitative estimate of drug-likeness (QED) is 0.0204. The van der Waals surface area contributed by atoms with E-state index in [0.29, 0.717) is 12.8 Å². The fraction of sp³-hybridized carbons (Fsp3) is 0.823. The van der Waals surface area contributed by atoms with Crippen molar-refractivity contribution >= 4 is 5.91 Å². The predicted molar refractivity (Wildman–Crippen MR) is 304 cm³/mol. The minimum atomic E-state index is -1.79. The number of rotatable bonds is 48. The molecule has 12 unspecified atom stereocenters. The van der Waals surface area contributed by atoms with Gasteiger partial charge < -0.3 is 65.1 Å². The summed E-state index contributed by atoms with van der Waals surface area (Å²) in [4.78, 5) is 13.2. The van der Waals surface area contributed by atoms with Gasteiger partial charge in [0.05, 0.1) is 32.0 Å². The first-order chi connectivity index (χ1) is 37.1. The van der Waals surface area contributed by atoms with Crippen LogP contribution in [0.4, 0.5) is 0 Å². The third-order valence-electron chi connectivity index (χ3n) is 14.8. The molecule has 14 nitrogen and oxygen atoms in total. The molecule has 14 heteroatoms. The van der Waals surface area contributed by atoms with Crippen LogP contribution in [0.25, 0.3) is 0 Å². The number of amides is 1. The first-order valence-corrected chi connectivity index (χ1v) is 30.5. The van der Waals surface area contributed by atoms with Gasteiger partial charge in [0, 0.05) is 6.42 Å². The number of nitrogens with one attached hydrogen (secondary N) is 1. The van der Waals surface area contributed by atoms with Crippen LogP contribution in [0.2, 0.25) is 0 Å². The number of aliphatic hydroxyl groups is 8. The van der Waals surface area contributed by atoms with Crippen molar-refractivity contribution in [3.05, 3.63) is 60.8 Å². The van der Waals surface area contributed by atoms with Crippen molar-refractivity contribution in [2.45, 2.75) is 306 Å². The number of carbonyl (C=O) groups excluding carboxylic acids is 1. The van der Waals surface area contributed by atoms with Crippen LogP contribution in [0.15, 0.2) is 60.8 Å². The van der Waals surface area contributed by atoms with Gasteiger partial charge in [-0.3, -0.25) is 4.79 Å². The lowest BCUT2D eigenvalue weighted by Gasteiger charge is -2.46. The van der Waals surface area contributed by atoms with E-state index in [1.165, 1.54) is 148 Å². The molecular formula is C62H111NO13. The topological polar surface area (TPSA) is 228 Å².